The molecule has 5 nitrogen and oxygen atoms in total. The lowest BCUT2D eigenvalue weighted by Crippen LogP contribution is -2.35. The van der Waals surface area contributed by atoms with E-state index < -0.39 is 6.09 Å². The second kappa shape index (κ2) is 5.18. The Morgan fingerprint density at radius 1 is 1.27 bits per heavy atom. The van der Waals surface area contributed by atoms with E-state index in [2.05, 4.69) is 12.1 Å². The molecular weight excluding hydrogens is 282 g/mol. The van der Waals surface area contributed by atoms with Crippen LogP contribution in [0, 0.1) is 5.92 Å². The van der Waals surface area contributed by atoms with Gasteiger partial charge in [0.15, 0.2) is 0 Å². The van der Waals surface area contributed by atoms with Crippen molar-refractivity contribution in [1.29, 1.82) is 0 Å². The fraction of sp³-hybridized carbons (Fsp3) is 0.353. The second-order valence-electron chi connectivity index (χ2n) is 5.53. The number of rotatable bonds is 1. The highest BCUT2D eigenvalue weighted by molar-refractivity contribution is 5.89. The quantitative estimate of drug-likeness (QED) is 0.810. The summed E-state index contributed by atoms with van der Waals surface area (Å²) >= 11 is 0. The molecule has 0 aromatic heterocycles. The van der Waals surface area contributed by atoms with Crippen molar-refractivity contribution in [2.75, 3.05) is 19.8 Å². The van der Waals surface area contributed by atoms with Crippen LogP contribution in [0.5, 0.6) is 5.75 Å². The summed E-state index contributed by atoms with van der Waals surface area (Å²) in [4.78, 5) is 17.8. The Hall–Kier alpha value is -2.27. The SMILES string of the molecule is CCOC(=O)N1OC[C@@H]2COc3ccc4ccccc4c3[C@@H]21. The molecule has 2 aliphatic heterocycles. The van der Waals surface area contributed by atoms with E-state index in [9.17, 15) is 4.79 Å². The van der Waals surface area contributed by atoms with Gasteiger partial charge in [0, 0.05) is 11.5 Å². The number of benzene rings is 2. The van der Waals surface area contributed by atoms with Crippen molar-refractivity contribution < 1.29 is 19.1 Å². The lowest BCUT2D eigenvalue weighted by molar-refractivity contribution is -0.111. The molecular formula is C17H17NO4. The normalized spacial score (nSPS) is 22.9. The smallest absolute Gasteiger partial charge is 0.434 e. The summed E-state index contributed by atoms with van der Waals surface area (Å²) in [7, 11) is 0. The first-order valence-corrected chi connectivity index (χ1v) is 7.53. The molecule has 2 aliphatic rings. The van der Waals surface area contributed by atoms with Gasteiger partial charge in [-0.3, -0.25) is 4.84 Å². The van der Waals surface area contributed by atoms with Crippen LogP contribution in [0.15, 0.2) is 36.4 Å². The molecule has 2 atom stereocenters. The van der Waals surface area contributed by atoms with E-state index in [0.29, 0.717) is 19.8 Å². The predicted molar refractivity (Wildman–Crippen MR) is 80.5 cm³/mol. The molecule has 0 radical (unpaired) electrons. The molecule has 2 aromatic carbocycles. The Kier molecular flexibility index (Phi) is 3.15. The summed E-state index contributed by atoms with van der Waals surface area (Å²) in [5, 5.41) is 3.60. The lowest BCUT2D eigenvalue weighted by Gasteiger charge is -2.31. The van der Waals surface area contributed by atoms with Crippen LogP contribution >= 0.6 is 0 Å². The molecule has 2 heterocycles. The Bertz CT molecular complexity index is 730. The summed E-state index contributed by atoms with van der Waals surface area (Å²) in [5.41, 5.74) is 1.01. The van der Waals surface area contributed by atoms with Gasteiger partial charge in [-0.05, 0) is 23.8 Å². The minimum atomic E-state index is -0.434. The molecule has 5 heteroatoms. The van der Waals surface area contributed by atoms with Gasteiger partial charge >= 0.3 is 6.09 Å². The zero-order valence-electron chi connectivity index (χ0n) is 12.3. The number of hydrogen-bond donors (Lipinski definition) is 0. The molecule has 0 bridgehead atoms. The molecule has 0 unspecified atom stereocenters. The fourth-order valence-corrected chi connectivity index (χ4v) is 3.29. The van der Waals surface area contributed by atoms with E-state index >= 15 is 0 Å². The van der Waals surface area contributed by atoms with Gasteiger partial charge in [-0.15, -0.1) is 0 Å². The third kappa shape index (κ3) is 1.93. The average molecular weight is 299 g/mol. The van der Waals surface area contributed by atoms with E-state index in [0.717, 1.165) is 22.1 Å². The van der Waals surface area contributed by atoms with Crippen LogP contribution in [-0.2, 0) is 9.57 Å². The van der Waals surface area contributed by atoms with Gasteiger partial charge in [-0.1, -0.05) is 30.3 Å². The Morgan fingerprint density at radius 3 is 3.00 bits per heavy atom. The van der Waals surface area contributed by atoms with Crippen molar-refractivity contribution in [3.63, 3.8) is 0 Å². The number of nitrogens with zero attached hydrogens (tertiary/aromatic N) is 1. The molecule has 22 heavy (non-hydrogen) atoms. The van der Waals surface area contributed by atoms with Crippen molar-refractivity contribution in [2.45, 2.75) is 13.0 Å². The third-order valence-electron chi connectivity index (χ3n) is 4.25. The van der Waals surface area contributed by atoms with Crippen molar-refractivity contribution in [3.8, 4) is 5.75 Å². The molecule has 114 valence electrons. The summed E-state index contributed by atoms with van der Waals surface area (Å²) in [5.74, 6) is 0.947. The number of hydroxylamine groups is 2. The summed E-state index contributed by atoms with van der Waals surface area (Å²) in [6.07, 6.45) is -0.434. The van der Waals surface area contributed by atoms with Gasteiger partial charge in [0.05, 0.1) is 19.8 Å². The summed E-state index contributed by atoms with van der Waals surface area (Å²) in [6, 6.07) is 12.0. The third-order valence-corrected chi connectivity index (χ3v) is 4.25. The van der Waals surface area contributed by atoms with Crippen molar-refractivity contribution in [3.05, 3.63) is 42.0 Å². The van der Waals surface area contributed by atoms with Gasteiger partial charge in [-0.2, -0.15) is 5.06 Å². The molecule has 1 saturated heterocycles. The highest BCUT2D eigenvalue weighted by Crippen LogP contribution is 2.46. The van der Waals surface area contributed by atoms with E-state index in [4.69, 9.17) is 14.3 Å². The van der Waals surface area contributed by atoms with Crippen LogP contribution in [0.1, 0.15) is 18.5 Å². The summed E-state index contributed by atoms with van der Waals surface area (Å²) < 4.78 is 11.0. The number of amides is 1. The van der Waals surface area contributed by atoms with E-state index in [-0.39, 0.29) is 12.0 Å². The largest absolute Gasteiger partial charge is 0.493 e. The predicted octanol–water partition coefficient (Wildman–Crippen LogP) is 3.29. The van der Waals surface area contributed by atoms with Crippen molar-refractivity contribution in [1.82, 2.24) is 5.06 Å². The first-order valence-electron chi connectivity index (χ1n) is 7.53. The maximum absolute atomic E-state index is 12.2. The fourth-order valence-electron chi connectivity index (χ4n) is 3.29. The Morgan fingerprint density at radius 2 is 2.14 bits per heavy atom. The molecule has 2 aromatic rings. The first kappa shape index (κ1) is 13.4. The zero-order chi connectivity index (χ0) is 15.1. The number of ether oxygens (including phenoxy) is 2. The maximum Gasteiger partial charge on any atom is 0.434 e. The zero-order valence-corrected chi connectivity index (χ0v) is 12.3. The Labute approximate surface area is 128 Å². The van der Waals surface area contributed by atoms with Crippen LogP contribution in [0.2, 0.25) is 0 Å². The molecule has 0 spiro atoms. The van der Waals surface area contributed by atoms with Crippen LogP contribution in [-0.4, -0.2) is 31.0 Å². The minimum absolute atomic E-state index is 0.128. The van der Waals surface area contributed by atoms with Gasteiger partial charge in [0.25, 0.3) is 0 Å². The Balaban J connectivity index is 1.85. The molecule has 0 saturated carbocycles. The molecule has 4 rings (SSSR count). The average Bonchev–Trinajstić information content (AvgIpc) is 2.99. The van der Waals surface area contributed by atoms with Crippen molar-refractivity contribution >= 4 is 16.9 Å². The van der Waals surface area contributed by atoms with Gasteiger partial charge < -0.3 is 9.47 Å². The second-order valence-corrected chi connectivity index (χ2v) is 5.53. The molecule has 0 aliphatic carbocycles. The van der Waals surface area contributed by atoms with Gasteiger partial charge in [0.1, 0.15) is 11.8 Å². The minimum Gasteiger partial charge on any atom is -0.493 e. The van der Waals surface area contributed by atoms with Crippen LogP contribution < -0.4 is 4.74 Å². The summed E-state index contributed by atoms with van der Waals surface area (Å²) in [6.45, 7) is 3.13. The molecule has 0 N–H and O–H groups in total. The van der Waals surface area contributed by atoms with E-state index in [1.165, 1.54) is 5.06 Å². The number of fused-ring (bicyclic) bond motifs is 5. The molecule has 1 amide bonds. The van der Waals surface area contributed by atoms with E-state index in [1.54, 1.807) is 6.92 Å². The first-order chi connectivity index (χ1) is 10.8. The monoisotopic (exact) mass is 299 g/mol. The van der Waals surface area contributed by atoms with Crippen LogP contribution in [0.25, 0.3) is 10.8 Å². The highest BCUT2D eigenvalue weighted by atomic mass is 16.7. The van der Waals surface area contributed by atoms with Crippen molar-refractivity contribution in [2.24, 2.45) is 5.92 Å². The lowest BCUT2D eigenvalue weighted by atomic mass is 9.88. The van der Waals surface area contributed by atoms with Gasteiger partial charge in [0.2, 0.25) is 0 Å². The van der Waals surface area contributed by atoms with Crippen LogP contribution in [0.4, 0.5) is 4.79 Å². The number of hydrogen-bond acceptors (Lipinski definition) is 4. The highest BCUT2D eigenvalue weighted by Gasteiger charge is 2.45. The van der Waals surface area contributed by atoms with Crippen LogP contribution in [0.3, 0.4) is 0 Å². The van der Waals surface area contributed by atoms with E-state index in [1.807, 2.05) is 24.3 Å². The number of carbonyl (C=O) groups excluding carboxylic acids is 1. The maximum atomic E-state index is 12.2. The molecule has 1 fully saturated rings. The standard InChI is InChI=1S/C17H17NO4/c1-2-20-17(19)18-16-12(10-22-18)9-21-14-8-7-11-5-3-4-6-13(11)15(14)16/h3-8,12,16H,2,9-10H2,1H3/t12-,16+/m0/s1. The number of carbonyl (C=O) groups is 1. The van der Waals surface area contributed by atoms with Gasteiger partial charge in [-0.25, -0.2) is 4.79 Å². The topological polar surface area (TPSA) is 48.0 Å².